The topological polar surface area (TPSA) is 64.1 Å². The molecule has 2 unspecified atom stereocenters. The smallest absolute Gasteiger partial charge is 0.0908 e. The third-order valence-electron chi connectivity index (χ3n) is 3.74. The van der Waals surface area contributed by atoms with E-state index in [4.69, 9.17) is 5.73 Å². The fraction of sp³-hybridized carbons (Fsp3) is 0.786. The fourth-order valence-corrected chi connectivity index (χ4v) is 2.45. The van der Waals surface area contributed by atoms with Crippen molar-refractivity contribution >= 4 is 0 Å². The number of aliphatic hydroxyl groups excluding tert-OH is 1. The van der Waals surface area contributed by atoms with Crippen LogP contribution in [-0.2, 0) is 6.42 Å². The van der Waals surface area contributed by atoms with Crippen molar-refractivity contribution in [2.24, 2.45) is 11.1 Å². The van der Waals surface area contributed by atoms with Gasteiger partial charge in [-0.15, -0.1) is 0 Å². The highest BCUT2D eigenvalue weighted by Gasteiger charge is 2.31. The molecule has 0 saturated carbocycles. The molecule has 4 nitrogen and oxygen atoms in total. The highest BCUT2D eigenvalue weighted by molar-refractivity contribution is 5.25. The molecule has 3 N–H and O–H groups in total. The molecule has 0 bridgehead atoms. The number of hydrogen-bond donors (Lipinski definition) is 2. The second kappa shape index (κ2) is 5.41. The Morgan fingerprint density at radius 2 is 1.89 bits per heavy atom. The summed E-state index contributed by atoms with van der Waals surface area (Å²) in [6, 6.07) is -0.297. The van der Waals surface area contributed by atoms with E-state index in [0.29, 0.717) is 0 Å². The van der Waals surface area contributed by atoms with E-state index in [2.05, 4.69) is 39.7 Å². The van der Waals surface area contributed by atoms with Crippen molar-refractivity contribution in [3.05, 3.63) is 17.0 Å². The number of aromatic nitrogens is 2. The van der Waals surface area contributed by atoms with Crippen molar-refractivity contribution in [3.8, 4) is 0 Å². The maximum atomic E-state index is 9.67. The zero-order chi connectivity index (χ0) is 14.1. The lowest BCUT2D eigenvalue weighted by Gasteiger charge is -2.34. The second-order valence-corrected chi connectivity index (χ2v) is 6.09. The zero-order valence-electron chi connectivity index (χ0n) is 12.5. The molecule has 0 aliphatic rings. The molecule has 104 valence electrons. The molecule has 2 atom stereocenters. The van der Waals surface area contributed by atoms with E-state index in [1.807, 2.05) is 11.6 Å². The Labute approximate surface area is 110 Å². The van der Waals surface area contributed by atoms with Crippen LogP contribution in [0, 0.1) is 19.3 Å². The molecule has 0 aliphatic carbocycles. The van der Waals surface area contributed by atoms with Crippen molar-refractivity contribution in [3.63, 3.8) is 0 Å². The largest absolute Gasteiger partial charge is 0.394 e. The Balaban J connectivity index is 3.18. The molecule has 1 rings (SSSR count). The van der Waals surface area contributed by atoms with Gasteiger partial charge in [0.05, 0.1) is 18.3 Å². The van der Waals surface area contributed by atoms with E-state index < -0.39 is 0 Å². The molecule has 0 spiro atoms. The number of nitrogens with zero attached hydrogens (tertiary/aromatic N) is 2. The summed E-state index contributed by atoms with van der Waals surface area (Å²) in [7, 11) is 0. The first-order valence-electron chi connectivity index (χ1n) is 6.65. The first-order valence-corrected chi connectivity index (χ1v) is 6.65. The van der Waals surface area contributed by atoms with Gasteiger partial charge >= 0.3 is 0 Å². The van der Waals surface area contributed by atoms with Gasteiger partial charge in [0, 0.05) is 11.7 Å². The predicted molar refractivity (Wildman–Crippen MR) is 74.6 cm³/mol. The second-order valence-electron chi connectivity index (χ2n) is 6.09. The Kier molecular flexibility index (Phi) is 4.56. The minimum Gasteiger partial charge on any atom is -0.394 e. The lowest BCUT2D eigenvalue weighted by molar-refractivity contribution is 0.143. The number of hydrogen-bond acceptors (Lipinski definition) is 3. The van der Waals surface area contributed by atoms with Gasteiger partial charge < -0.3 is 10.8 Å². The number of aliphatic hydroxyl groups is 1. The van der Waals surface area contributed by atoms with E-state index in [-0.39, 0.29) is 24.1 Å². The summed E-state index contributed by atoms with van der Waals surface area (Å²) in [5.41, 5.74) is 9.64. The minimum atomic E-state index is -0.163. The molecule has 0 aromatic carbocycles. The van der Waals surface area contributed by atoms with Crippen molar-refractivity contribution in [1.29, 1.82) is 0 Å². The predicted octanol–water partition coefficient (Wildman–Crippen LogP) is 1.97. The normalized spacial score (nSPS) is 15.8. The van der Waals surface area contributed by atoms with Crippen LogP contribution in [0.4, 0.5) is 0 Å². The van der Waals surface area contributed by atoms with Crippen molar-refractivity contribution in [2.75, 3.05) is 6.61 Å². The van der Waals surface area contributed by atoms with Crippen LogP contribution in [0.1, 0.15) is 50.7 Å². The highest BCUT2D eigenvalue weighted by atomic mass is 16.3. The summed E-state index contributed by atoms with van der Waals surface area (Å²) in [6.07, 6.45) is 0.959. The highest BCUT2D eigenvalue weighted by Crippen LogP contribution is 2.28. The average Bonchev–Trinajstić information content (AvgIpc) is 2.54. The van der Waals surface area contributed by atoms with Crippen LogP contribution in [0.15, 0.2) is 0 Å². The van der Waals surface area contributed by atoms with E-state index >= 15 is 0 Å². The third kappa shape index (κ3) is 2.75. The molecule has 0 radical (unpaired) electrons. The van der Waals surface area contributed by atoms with Gasteiger partial charge in [-0.3, -0.25) is 4.68 Å². The third-order valence-corrected chi connectivity index (χ3v) is 3.74. The maximum absolute atomic E-state index is 9.67. The summed E-state index contributed by atoms with van der Waals surface area (Å²) in [6.45, 7) is 12.5. The minimum absolute atomic E-state index is 0.0174. The summed E-state index contributed by atoms with van der Waals surface area (Å²) in [5, 5.41) is 14.2. The number of aryl methyl sites for hydroxylation is 1. The molecule has 1 heterocycles. The van der Waals surface area contributed by atoms with Gasteiger partial charge in [0.2, 0.25) is 0 Å². The number of rotatable bonds is 4. The van der Waals surface area contributed by atoms with Gasteiger partial charge in [0.1, 0.15) is 0 Å². The average molecular weight is 253 g/mol. The van der Waals surface area contributed by atoms with Crippen LogP contribution in [-0.4, -0.2) is 27.5 Å². The molecular weight excluding hydrogens is 226 g/mol. The zero-order valence-corrected chi connectivity index (χ0v) is 12.5. The van der Waals surface area contributed by atoms with Crippen molar-refractivity contribution in [1.82, 2.24) is 9.78 Å². The van der Waals surface area contributed by atoms with Crippen LogP contribution >= 0.6 is 0 Å². The van der Waals surface area contributed by atoms with Crippen molar-refractivity contribution in [2.45, 2.75) is 60.0 Å². The lowest BCUT2D eigenvalue weighted by atomic mass is 9.83. The molecule has 1 aromatic heterocycles. The first-order chi connectivity index (χ1) is 8.23. The molecule has 0 fully saturated rings. The summed E-state index contributed by atoms with van der Waals surface area (Å²) >= 11 is 0. The number of nitrogens with two attached hydrogens (primary N) is 1. The van der Waals surface area contributed by atoms with Gasteiger partial charge in [0.15, 0.2) is 0 Å². The lowest BCUT2D eigenvalue weighted by Crippen LogP contribution is -2.45. The monoisotopic (exact) mass is 253 g/mol. The first kappa shape index (κ1) is 15.2. The van der Waals surface area contributed by atoms with Crippen molar-refractivity contribution < 1.29 is 5.11 Å². The van der Waals surface area contributed by atoms with Gasteiger partial charge in [0.25, 0.3) is 0 Å². The standard InChI is InChI=1S/C14H27N3O/c1-7-11-9(2)16-17(10(11)3)12(8-18)13(15)14(4,5)6/h12-13,18H,7-8,15H2,1-6H3. The molecule has 0 aliphatic heterocycles. The quantitative estimate of drug-likeness (QED) is 0.862. The fourth-order valence-electron chi connectivity index (χ4n) is 2.45. The van der Waals surface area contributed by atoms with Gasteiger partial charge in [-0.25, -0.2) is 0 Å². The van der Waals surface area contributed by atoms with E-state index in [1.54, 1.807) is 0 Å². The van der Waals surface area contributed by atoms with E-state index in [0.717, 1.165) is 17.8 Å². The molecule has 4 heteroatoms. The summed E-state index contributed by atoms with van der Waals surface area (Å²) in [4.78, 5) is 0. The van der Waals surface area contributed by atoms with Crippen LogP contribution in [0.25, 0.3) is 0 Å². The van der Waals surface area contributed by atoms with Crippen LogP contribution < -0.4 is 5.73 Å². The Morgan fingerprint density at radius 3 is 2.22 bits per heavy atom. The van der Waals surface area contributed by atoms with Gasteiger partial charge in [-0.1, -0.05) is 27.7 Å². The Bertz CT molecular complexity index is 404. The van der Waals surface area contributed by atoms with Crippen LogP contribution in [0.2, 0.25) is 0 Å². The van der Waals surface area contributed by atoms with Crippen LogP contribution in [0.5, 0.6) is 0 Å². The Hall–Kier alpha value is -0.870. The van der Waals surface area contributed by atoms with Crippen LogP contribution in [0.3, 0.4) is 0 Å². The van der Waals surface area contributed by atoms with E-state index in [9.17, 15) is 5.11 Å². The summed E-state index contributed by atoms with van der Waals surface area (Å²) < 4.78 is 1.91. The van der Waals surface area contributed by atoms with Gasteiger partial charge in [-0.2, -0.15) is 5.10 Å². The van der Waals surface area contributed by atoms with Gasteiger partial charge in [-0.05, 0) is 31.2 Å². The molecule has 0 amide bonds. The van der Waals surface area contributed by atoms with E-state index in [1.165, 1.54) is 5.56 Å². The SMILES string of the molecule is CCc1c(C)nn(C(CO)C(N)C(C)(C)C)c1C. The molecule has 18 heavy (non-hydrogen) atoms. The molecule has 0 saturated heterocycles. The molecule has 1 aromatic rings. The Morgan fingerprint density at radius 1 is 1.33 bits per heavy atom. The molecular formula is C14H27N3O. The summed E-state index contributed by atoms with van der Waals surface area (Å²) in [5.74, 6) is 0. The maximum Gasteiger partial charge on any atom is 0.0908 e.